The Labute approximate surface area is 433 Å². The van der Waals surface area contributed by atoms with E-state index in [-0.39, 0.29) is 29.5 Å². The summed E-state index contributed by atoms with van der Waals surface area (Å²) in [7, 11) is 0. The van der Waals surface area contributed by atoms with Crippen LogP contribution < -0.4 is 0 Å². The zero-order chi connectivity index (χ0) is 50.5. The van der Waals surface area contributed by atoms with Gasteiger partial charge in [-0.15, -0.1) is 0 Å². The van der Waals surface area contributed by atoms with Gasteiger partial charge in [-0.1, -0.05) is 131 Å². The molecule has 0 aromatic rings. The Balaban J connectivity index is 0.831. The average Bonchev–Trinajstić information content (AvgIpc) is 4.07. The molecule has 9 aliphatic rings. The first kappa shape index (κ1) is 53.7. The minimum Gasteiger partial charge on any atom is -0.459 e. The van der Waals surface area contributed by atoms with Crippen LogP contribution in [-0.2, 0) is 28.6 Å². The molecule has 1 saturated heterocycles. The van der Waals surface area contributed by atoms with Crippen LogP contribution >= 0.6 is 0 Å². The minimum absolute atomic E-state index is 0.111. The molecule has 8 aliphatic carbocycles. The van der Waals surface area contributed by atoms with Crippen LogP contribution in [0.5, 0.6) is 0 Å². The lowest BCUT2D eigenvalue weighted by atomic mass is 9.47. The number of fused-ring (bicyclic) bond motifs is 10. The molecule has 7 nitrogen and oxygen atoms in total. The Morgan fingerprint density at radius 2 is 1.03 bits per heavy atom. The fourth-order valence-corrected chi connectivity index (χ4v) is 19.6. The summed E-state index contributed by atoms with van der Waals surface area (Å²) < 4.78 is 18.5. The Morgan fingerprint density at radius 3 is 1.46 bits per heavy atom. The zero-order valence-corrected chi connectivity index (χ0v) is 47.0. The Bertz CT molecular complexity index is 1830. The van der Waals surface area contributed by atoms with Crippen LogP contribution in [0, 0.1) is 92.7 Å². The predicted molar refractivity (Wildman–Crippen MR) is 286 cm³/mol. The lowest BCUT2D eigenvalue weighted by Crippen LogP contribution is -2.51. The highest BCUT2D eigenvalue weighted by Crippen LogP contribution is 2.69. The van der Waals surface area contributed by atoms with Gasteiger partial charge >= 0.3 is 17.9 Å². The molecule has 6 saturated carbocycles. The molecule has 0 aromatic carbocycles. The van der Waals surface area contributed by atoms with E-state index < -0.39 is 24.0 Å². The van der Waals surface area contributed by atoms with Gasteiger partial charge in [-0.25, -0.2) is 9.59 Å². The third-order valence-electron chi connectivity index (χ3n) is 23.6. The molecular formula is C64H103NO6. The summed E-state index contributed by atoms with van der Waals surface area (Å²) in [6.07, 6.45) is 31.2. The monoisotopic (exact) mass is 982 g/mol. The van der Waals surface area contributed by atoms with E-state index in [2.05, 4.69) is 86.3 Å². The topological polar surface area (TPSA) is 82.1 Å². The van der Waals surface area contributed by atoms with Crippen LogP contribution in [0.2, 0.25) is 0 Å². The highest BCUT2D eigenvalue weighted by atomic mass is 16.6. The maximum absolute atomic E-state index is 14.4. The first-order chi connectivity index (χ1) is 33.8. The Hall–Kier alpha value is -2.15. The molecule has 0 aromatic heterocycles. The van der Waals surface area contributed by atoms with Gasteiger partial charge in [-0.3, -0.25) is 4.79 Å². The molecule has 7 heteroatoms. The molecule has 400 valence electrons. The van der Waals surface area contributed by atoms with E-state index in [1.54, 1.807) is 0 Å². The summed E-state index contributed by atoms with van der Waals surface area (Å²) >= 11 is 0. The second kappa shape index (κ2) is 21.8. The van der Waals surface area contributed by atoms with Crippen LogP contribution in [-0.4, -0.2) is 60.8 Å². The summed E-state index contributed by atoms with van der Waals surface area (Å²) in [6.45, 7) is 27.4. The molecular weight excluding hydrogens is 879 g/mol. The lowest BCUT2D eigenvalue weighted by Gasteiger charge is -2.58. The fourth-order valence-electron chi connectivity index (χ4n) is 19.6. The number of rotatable bonds is 18. The van der Waals surface area contributed by atoms with E-state index in [0.29, 0.717) is 42.1 Å². The Morgan fingerprint density at radius 1 is 0.577 bits per heavy atom. The summed E-state index contributed by atoms with van der Waals surface area (Å²) in [6, 6.07) is 0. The molecule has 0 spiro atoms. The predicted octanol–water partition coefficient (Wildman–Crippen LogP) is 15.3. The third-order valence-corrected chi connectivity index (χ3v) is 23.6. The van der Waals surface area contributed by atoms with Crippen molar-refractivity contribution < 1.29 is 28.6 Å². The van der Waals surface area contributed by atoms with E-state index in [0.717, 1.165) is 124 Å². The molecule has 71 heavy (non-hydrogen) atoms. The average molecular weight is 983 g/mol. The van der Waals surface area contributed by atoms with E-state index in [1.165, 1.54) is 101 Å². The van der Waals surface area contributed by atoms with Gasteiger partial charge in [-0.05, 0) is 208 Å². The van der Waals surface area contributed by atoms with Crippen LogP contribution in [0.3, 0.4) is 0 Å². The number of allylic oxidation sites excluding steroid dienone is 2. The van der Waals surface area contributed by atoms with Gasteiger partial charge in [0.25, 0.3) is 6.10 Å². The molecule has 1 aliphatic heterocycles. The first-order valence-electron chi connectivity index (χ1n) is 30.6. The molecule has 1 heterocycles. The number of nitrogens with zero attached hydrogens (tertiary/aromatic N) is 1. The molecule has 0 amide bonds. The Kier molecular flexibility index (Phi) is 16.5. The fraction of sp³-hybridized carbons (Fsp3) is 0.891. The van der Waals surface area contributed by atoms with Gasteiger partial charge in [0, 0.05) is 19.4 Å². The maximum Gasteiger partial charge on any atom is 0.359 e. The van der Waals surface area contributed by atoms with Crippen LogP contribution in [0.4, 0.5) is 0 Å². The van der Waals surface area contributed by atoms with Crippen molar-refractivity contribution in [2.75, 3.05) is 19.6 Å². The summed E-state index contributed by atoms with van der Waals surface area (Å²) in [5.74, 6) is 7.19. The van der Waals surface area contributed by atoms with Crippen LogP contribution in [0.1, 0.15) is 230 Å². The van der Waals surface area contributed by atoms with E-state index in [9.17, 15) is 14.4 Å². The quantitative estimate of drug-likeness (QED) is 0.0586. The van der Waals surface area contributed by atoms with Crippen LogP contribution in [0.15, 0.2) is 23.3 Å². The van der Waals surface area contributed by atoms with Gasteiger partial charge in [0.05, 0.1) is 6.42 Å². The van der Waals surface area contributed by atoms with E-state index in [1.807, 2.05) is 0 Å². The molecule has 0 unspecified atom stereocenters. The molecule has 16 atom stereocenters. The number of carbonyl (C=O) groups is 3. The number of hydrogen-bond acceptors (Lipinski definition) is 7. The van der Waals surface area contributed by atoms with Crippen molar-refractivity contribution in [1.82, 2.24) is 4.90 Å². The standard InChI is InChI=1S/C64H103NO6/c1-41(2)15-13-17-43(5)51-23-25-53-49-21-19-45-39-47(27-32-61(45,7)55(49)29-34-63(51,53)9)69-59(67)58(71-57(66)31-38-65-36-11-12-37-65)60(68)70-48-28-33-62(8)46(40-48)20-22-50-54-26-24-52(44(6)18-14-16-42(3)4)64(54,10)35-30-56(50)62/h19-20,41-44,47-56,58H,11-18,21-40H2,1-10H3/t43-,44-,47+,48+,49+,50+,51-,52-,53+,54+,55+,56+,61+,62+,63-,64-/m1/s1. The second-order valence-electron chi connectivity index (χ2n) is 28.4. The minimum atomic E-state index is -1.70. The SMILES string of the molecule is CC(C)CCC[C@@H](C)[C@H]1CC[C@H]2[C@@H]3CC=C4C[C@@H](OC(=O)C(OC(=O)CCN5CCCC5)C(=O)O[C@H]5CC[C@@]6(C)C(=CC[C@H]7[C@@H]8CC[C@H]([C@H](C)CCCC(C)C)[C@@]8(C)CC[C@@H]76)C5)CC[C@]4(C)[C@H]3CC[C@]12C. The first-order valence-corrected chi connectivity index (χ1v) is 30.6. The second-order valence-corrected chi connectivity index (χ2v) is 28.4. The van der Waals surface area contributed by atoms with Gasteiger partial charge in [-0.2, -0.15) is 0 Å². The van der Waals surface area contributed by atoms with Crippen molar-refractivity contribution >= 4 is 17.9 Å². The molecule has 0 radical (unpaired) electrons. The van der Waals surface area contributed by atoms with Crippen LogP contribution in [0.25, 0.3) is 0 Å². The maximum atomic E-state index is 14.4. The van der Waals surface area contributed by atoms with Crippen molar-refractivity contribution in [2.24, 2.45) is 92.7 Å². The highest BCUT2D eigenvalue weighted by Gasteiger charge is 2.61. The van der Waals surface area contributed by atoms with Gasteiger partial charge in [0.2, 0.25) is 0 Å². The van der Waals surface area contributed by atoms with Gasteiger partial charge in [0.15, 0.2) is 0 Å². The highest BCUT2D eigenvalue weighted by molar-refractivity contribution is 6.00. The summed E-state index contributed by atoms with van der Waals surface area (Å²) in [4.78, 5) is 44.5. The number of hydrogen-bond donors (Lipinski definition) is 0. The molecule has 9 rings (SSSR count). The van der Waals surface area contributed by atoms with Crippen molar-refractivity contribution in [1.29, 1.82) is 0 Å². The lowest BCUT2D eigenvalue weighted by molar-refractivity contribution is -0.187. The number of likely N-dealkylation sites (tertiary alicyclic amines) is 1. The molecule has 7 fully saturated rings. The van der Waals surface area contributed by atoms with E-state index >= 15 is 0 Å². The zero-order valence-electron chi connectivity index (χ0n) is 47.0. The van der Waals surface area contributed by atoms with Crippen molar-refractivity contribution in [3.63, 3.8) is 0 Å². The number of esters is 3. The smallest absolute Gasteiger partial charge is 0.359 e. The summed E-state index contributed by atoms with van der Waals surface area (Å²) in [5.41, 5.74) is 4.00. The van der Waals surface area contributed by atoms with E-state index in [4.69, 9.17) is 14.2 Å². The molecule has 0 N–H and O–H groups in total. The third kappa shape index (κ3) is 10.7. The van der Waals surface area contributed by atoms with Crippen molar-refractivity contribution in [2.45, 2.75) is 248 Å². The summed E-state index contributed by atoms with van der Waals surface area (Å²) in [5, 5.41) is 0. The number of carbonyl (C=O) groups excluding carboxylic acids is 3. The van der Waals surface area contributed by atoms with Crippen molar-refractivity contribution in [3.05, 3.63) is 23.3 Å². The number of ether oxygens (including phenoxy) is 3. The molecule has 0 bridgehead atoms. The van der Waals surface area contributed by atoms with Crippen molar-refractivity contribution in [3.8, 4) is 0 Å². The normalized spacial score (nSPS) is 41.0. The van der Waals surface area contributed by atoms with Gasteiger partial charge < -0.3 is 19.1 Å². The largest absolute Gasteiger partial charge is 0.459 e. The van der Waals surface area contributed by atoms with Gasteiger partial charge in [0.1, 0.15) is 12.2 Å².